The number of fused-ring (bicyclic) bond motifs is 2. The molecule has 28 heavy (non-hydrogen) atoms. The molecule has 1 amide bonds. The second kappa shape index (κ2) is 9.57. The smallest absolute Gasteiger partial charge is 0.302 e. The minimum atomic E-state index is -0.202. The van der Waals surface area contributed by atoms with Crippen LogP contribution in [0.3, 0.4) is 0 Å². The molecule has 0 aromatic heterocycles. The lowest BCUT2D eigenvalue weighted by molar-refractivity contribution is -0.141. The highest BCUT2D eigenvalue weighted by Crippen LogP contribution is 2.31. The molecular weight excluding hydrogens is 358 g/mol. The SMILES string of the molecule is CC(=O)OCCCCCCCCOc1ccc2c(c1)CN1C(=N2)NC(=O)C1C. The van der Waals surface area contributed by atoms with E-state index in [9.17, 15) is 9.59 Å². The Kier molecular flexibility index (Phi) is 6.90. The van der Waals surface area contributed by atoms with Crippen LogP contribution in [0, 0.1) is 0 Å². The summed E-state index contributed by atoms with van der Waals surface area (Å²) in [6.45, 7) is 5.22. The van der Waals surface area contributed by atoms with E-state index in [1.807, 2.05) is 30.0 Å². The highest BCUT2D eigenvalue weighted by molar-refractivity contribution is 6.07. The fourth-order valence-electron chi connectivity index (χ4n) is 3.42. The Hall–Kier alpha value is -2.57. The van der Waals surface area contributed by atoms with Crippen LogP contribution >= 0.6 is 0 Å². The highest BCUT2D eigenvalue weighted by Gasteiger charge is 2.35. The first-order valence-electron chi connectivity index (χ1n) is 10.1. The van der Waals surface area contributed by atoms with E-state index in [1.165, 1.54) is 13.3 Å². The first kappa shape index (κ1) is 20.2. The van der Waals surface area contributed by atoms with Gasteiger partial charge in [0.05, 0.1) is 18.9 Å². The van der Waals surface area contributed by atoms with Gasteiger partial charge in [-0.25, -0.2) is 4.99 Å². The number of hydrogen-bond donors (Lipinski definition) is 1. The molecule has 1 unspecified atom stereocenters. The van der Waals surface area contributed by atoms with Gasteiger partial charge in [-0.15, -0.1) is 0 Å². The molecule has 1 atom stereocenters. The zero-order chi connectivity index (χ0) is 19.9. The van der Waals surface area contributed by atoms with Crippen molar-refractivity contribution in [2.75, 3.05) is 13.2 Å². The van der Waals surface area contributed by atoms with Crippen molar-refractivity contribution in [2.45, 2.75) is 65.0 Å². The third-order valence-electron chi connectivity index (χ3n) is 5.08. The van der Waals surface area contributed by atoms with Gasteiger partial charge in [-0.2, -0.15) is 0 Å². The number of aliphatic imine (C=N–C) groups is 1. The maximum atomic E-state index is 11.8. The first-order valence-corrected chi connectivity index (χ1v) is 10.1. The van der Waals surface area contributed by atoms with E-state index in [2.05, 4.69) is 10.3 Å². The van der Waals surface area contributed by atoms with E-state index in [4.69, 9.17) is 9.47 Å². The van der Waals surface area contributed by atoms with Crippen LogP contribution in [0.1, 0.15) is 57.9 Å². The molecule has 0 saturated carbocycles. The molecule has 0 bridgehead atoms. The van der Waals surface area contributed by atoms with Gasteiger partial charge in [0, 0.05) is 19.0 Å². The predicted octanol–water partition coefficient (Wildman–Crippen LogP) is 3.29. The number of unbranched alkanes of at least 4 members (excludes halogenated alkanes) is 5. The number of carbonyl (C=O) groups excluding carboxylic acids is 2. The molecule has 1 aromatic rings. The molecular formula is C21H29N3O4. The van der Waals surface area contributed by atoms with E-state index >= 15 is 0 Å². The van der Waals surface area contributed by atoms with Gasteiger partial charge in [0.2, 0.25) is 11.9 Å². The largest absolute Gasteiger partial charge is 0.494 e. The van der Waals surface area contributed by atoms with E-state index in [0.29, 0.717) is 25.7 Å². The number of amides is 1. The van der Waals surface area contributed by atoms with Crippen LogP contribution < -0.4 is 10.1 Å². The molecule has 1 N–H and O–H groups in total. The lowest BCUT2D eigenvalue weighted by atomic mass is 10.1. The fraction of sp³-hybridized carbons (Fsp3) is 0.571. The number of esters is 1. The number of ether oxygens (including phenoxy) is 2. The van der Waals surface area contributed by atoms with Crippen molar-refractivity contribution in [3.63, 3.8) is 0 Å². The van der Waals surface area contributed by atoms with Crippen LogP contribution in [-0.4, -0.2) is 42.0 Å². The van der Waals surface area contributed by atoms with Crippen LogP contribution in [-0.2, 0) is 20.9 Å². The quantitative estimate of drug-likeness (QED) is 0.492. The van der Waals surface area contributed by atoms with Crippen LogP contribution in [0.4, 0.5) is 5.69 Å². The second-order valence-corrected chi connectivity index (χ2v) is 7.33. The summed E-state index contributed by atoms with van der Waals surface area (Å²) in [6.07, 6.45) is 6.50. The molecule has 1 aromatic carbocycles. The minimum absolute atomic E-state index is 0.00518. The van der Waals surface area contributed by atoms with Crippen molar-refractivity contribution in [1.82, 2.24) is 10.2 Å². The summed E-state index contributed by atoms with van der Waals surface area (Å²) >= 11 is 0. The van der Waals surface area contributed by atoms with Crippen molar-refractivity contribution in [2.24, 2.45) is 4.99 Å². The zero-order valence-corrected chi connectivity index (χ0v) is 16.7. The number of rotatable bonds is 10. The Bertz CT molecular complexity index is 747. The molecule has 3 rings (SSSR count). The van der Waals surface area contributed by atoms with Crippen LogP contribution in [0.2, 0.25) is 0 Å². The van der Waals surface area contributed by atoms with E-state index in [1.54, 1.807) is 0 Å². The van der Waals surface area contributed by atoms with Gasteiger partial charge < -0.3 is 14.4 Å². The molecule has 0 spiro atoms. The van der Waals surface area contributed by atoms with Crippen molar-refractivity contribution in [3.05, 3.63) is 23.8 Å². The highest BCUT2D eigenvalue weighted by atomic mass is 16.5. The Morgan fingerprint density at radius 1 is 1.18 bits per heavy atom. The number of nitrogens with zero attached hydrogens (tertiary/aromatic N) is 2. The van der Waals surface area contributed by atoms with Gasteiger partial charge in [0.25, 0.3) is 0 Å². The fourth-order valence-corrected chi connectivity index (χ4v) is 3.42. The summed E-state index contributed by atoms with van der Waals surface area (Å²) in [5, 5.41) is 2.82. The topological polar surface area (TPSA) is 80.2 Å². The average Bonchev–Trinajstić information content (AvgIpc) is 2.94. The monoisotopic (exact) mass is 387 g/mol. The summed E-state index contributed by atoms with van der Waals surface area (Å²) in [7, 11) is 0. The molecule has 1 fully saturated rings. The van der Waals surface area contributed by atoms with Crippen LogP contribution in [0.15, 0.2) is 23.2 Å². The van der Waals surface area contributed by atoms with E-state index in [0.717, 1.165) is 49.1 Å². The van der Waals surface area contributed by atoms with Crippen molar-refractivity contribution >= 4 is 23.5 Å². The van der Waals surface area contributed by atoms with Gasteiger partial charge in [-0.3, -0.25) is 14.9 Å². The van der Waals surface area contributed by atoms with Crippen molar-refractivity contribution in [3.8, 4) is 5.75 Å². The minimum Gasteiger partial charge on any atom is -0.494 e. The van der Waals surface area contributed by atoms with Gasteiger partial charge in [-0.05, 0) is 38.0 Å². The standard InChI is InChI=1S/C21H29N3O4/c1-15-20(26)23-21-22-19-10-9-18(13-17(19)14-24(15)21)28-12-8-6-4-3-5-7-11-27-16(2)25/h9-10,13,15H,3-8,11-12,14H2,1-2H3,(H,22,23,26). The lowest BCUT2D eigenvalue weighted by Crippen LogP contribution is -2.35. The molecule has 2 aliphatic heterocycles. The number of benzene rings is 1. The van der Waals surface area contributed by atoms with Crippen LogP contribution in [0.25, 0.3) is 0 Å². The Balaban J connectivity index is 1.34. The Labute approximate surface area is 166 Å². The molecule has 7 heteroatoms. The number of carbonyl (C=O) groups is 2. The Morgan fingerprint density at radius 3 is 2.64 bits per heavy atom. The maximum absolute atomic E-state index is 11.8. The number of hydrogen-bond acceptors (Lipinski definition) is 6. The number of guanidine groups is 1. The third-order valence-corrected chi connectivity index (χ3v) is 5.08. The average molecular weight is 387 g/mol. The maximum Gasteiger partial charge on any atom is 0.302 e. The molecule has 7 nitrogen and oxygen atoms in total. The van der Waals surface area contributed by atoms with Gasteiger partial charge in [0.15, 0.2) is 0 Å². The summed E-state index contributed by atoms with van der Waals surface area (Å²) in [6, 6.07) is 5.73. The van der Waals surface area contributed by atoms with Gasteiger partial charge in [0.1, 0.15) is 11.8 Å². The normalized spacial score (nSPS) is 17.5. The predicted molar refractivity (Wildman–Crippen MR) is 107 cm³/mol. The summed E-state index contributed by atoms with van der Waals surface area (Å²) < 4.78 is 10.8. The first-order chi connectivity index (χ1) is 13.5. The molecule has 0 aliphatic carbocycles. The zero-order valence-electron chi connectivity index (χ0n) is 16.7. The van der Waals surface area contributed by atoms with E-state index in [-0.39, 0.29) is 17.9 Å². The lowest BCUT2D eigenvalue weighted by Gasteiger charge is -2.26. The van der Waals surface area contributed by atoms with Gasteiger partial charge >= 0.3 is 5.97 Å². The summed E-state index contributed by atoms with van der Waals surface area (Å²) in [5.41, 5.74) is 1.97. The second-order valence-electron chi connectivity index (χ2n) is 7.33. The summed E-state index contributed by atoms with van der Waals surface area (Å²) in [4.78, 5) is 29.0. The molecule has 152 valence electrons. The van der Waals surface area contributed by atoms with Crippen molar-refractivity contribution in [1.29, 1.82) is 0 Å². The third kappa shape index (κ3) is 5.24. The molecule has 1 saturated heterocycles. The van der Waals surface area contributed by atoms with Gasteiger partial charge in [-0.1, -0.05) is 25.7 Å². The van der Waals surface area contributed by atoms with Crippen molar-refractivity contribution < 1.29 is 19.1 Å². The molecule has 0 radical (unpaired) electrons. The Morgan fingerprint density at radius 2 is 1.89 bits per heavy atom. The number of nitrogens with one attached hydrogen (secondary N) is 1. The van der Waals surface area contributed by atoms with E-state index < -0.39 is 0 Å². The molecule has 2 heterocycles. The molecule has 2 aliphatic rings. The summed E-state index contributed by atoms with van der Waals surface area (Å²) in [5.74, 6) is 1.29. The van der Waals surface area contributed by atoms with Crippen LogP contribution in [0.5, 0.6) is 5.75 Å².